The Balaban J connectivity index is 2.43. The van der Waals surface area contributed by atoms with Gasteiger partial charge in [0.15, 0.2) is 11.6 Å². The van der Waals surface area contributed by atoms with Gasteiger partial charge in [-0.15, -0.1) is 0 Å². The van der Waals surface area contributed by atoms with E-state index < -0.39 is 0 Å². The Bertz CT molecular complexity index is 591. The van der Waals surface area contributed by atoms with Crippen molar-refractivity contribution in [3.8, 4) is 0 Å². The van der Waals surface area contributed by atoms with Gasteiger partial charge in [0.2, 0.25) is 0 Å². The predicted molar refractivity (Wildman–Crippen MR) is 73.9 cm³/mol. The van der Waals surface area contributed by atoms with Gasteiger partial charge in [-0.25, -0.2) is 0 Å². The summed E-state index contributed by atoms with van der Waals surface area (Å²) in [6, 6.07) is 0. The van der Waals surface area contributed by atoms with Gasteiger partial charge >= 0.3 is 0 Å². The second kappa shape index (κ2) is 4.88. The van der Waals surface area contributed by atoms with Crippen LogP contribution in [-0.2, 0) is 6.42 Å². The zero-order chi connectivity index (χ0) is 14.2. The standard InChI is InChI=1S/C15H18N2O2/c1-8-6-16-12(14(8)10(3)18)5-13-15(11(4)19)9(2)7-17-13/h6-7,16-17H,5H2,1-4H3. The molecule has 0 fully saturated rings. The topological polar surface area (TPSA) is 65.7 Å². The van der Waals surface area contributed by atoms with E-state index >= 15 is 0 Å². The first-order chi connectivity index (χ1) is 8.91. The lowest BCUT2D eigenvalue weighted by Crippen LogP contribution is -2.04. The van der Waals surface area contributed by atoms with Crippen molar-refractivity contribution in [2.24, 2.45) is 0 Å². The molecule has 19 heavy (non-hydrogen) atoms. The molecule has 0 atom stereocenters. The minimum atomic E-state index is 0.0430. The third kappa shape index (κ3) is 2.38. The van der Waals surface area contributed by atoms with E-state index in [1.807, 2.05) is 26.2 Å². The molecule has 0 saturated heterocycles. The van der Waals surface area contributed by atoms with Crippen LogP contribution in [0.25, 0.3) is 0 Å². The number of H-pyrrole nitrogens is 2. The molecule has 4 nitrogen and oxygen atoms in total. The number of aryl methyl sites for hydroxylation is 2. The van der Waals surface area contributed by atoms with Crippen molar-refractivity contribution < 1.29 is 9.59 Å². The van der Waals surface area contributed by atoms with Crippen LogP contribution in [0.2, 0.25) is 0 Å². The van der Waals surface area contributed by atoms with E-state index in [4.69, 9.17) is 0 Å². The van der Waals surface area contributed by atoms with Gasteiger partial charge in [0.05, 0.1) is 0 Å². The van der Waals surface area contributed by atoms with Crippen molar-refractivity contribution in [2.45, 2.75) is 34.1 Å². The highest BCUT2D eigenvalue weighted by atomic mass is 16.1. The zero-order valence-electron chi connectivity index (χ0n) is 11.7. The Kier molecular flexibility index (Phi) is 3.42. The zero-order valence-corrected chi connectivity index (χ0v) is 11.7. The van der Waals surface area contributed by atoms with Gasteiger partial charge in [-0.3, -0.25) is 9.59 Å². The third-order valence-corrected chi connectivity index (χ3v) is 3.38. The first-order valence-electron chi connectivity index (χ1n) is 6.27. The lowest BCUT2D eigenvalue weighted by atomic mass is 10.0. The van der Waals surface area contributed by atoms with Crippen molar-refractivity contribution >= 4 is 11.6 Å². The summed E-state index contributed by atoms with van der Waals surface area (Å²) < 4.78 is 0. The summed E-state index contributed by atoms with van der Waals surface area (Å²) in [7, 11) is 0. The van der Waals surface area contributed by atoms with Crippen molar-refractivity contribution in [1.29, 1.82) is 0 Å². The minimum Gasteiger partial charge on any atom is -0.364 e. The smallest absolute Gasteiger partial charge is 0.161 e. The highest BCUT2D eigenvalue weighted by molar-refractivity contribution is 5.98. The average Bonchev–Trinajstić information content (AvgIpc) is 2.83. The van der Waals surface area contributed by atoms with Gasteiger partial charge < -0.3 is 9.97 Å². The Hall–Kier alpha value is -2.10. The summed E-state index contributed by atoms with van der Waals surface area (Å²) in [5.41, 5.74) is 5.04. The van der Waals surface area contributed by atoms with Gasteiger partial charge in [-0.1, -0.05) is 0 Å². The summed E-state index contributed by atoms with van der Waals surface area (Å²) in [4.78, 5) is 29.6. The van der Waals surface area contributed by atoms with Crippen LogP contribution in [0.15, 0.2) is 12.4 Å². The van der Waals surface area contributed by atoms with Crippen LogP contribution in [0, 0.1) is 13.8 Å². The van der Waals surface area contributed by atoms with Crippen LogP contribution < -0.4 is 0 Å². The number of aromatic nitrogens is 2. The molecule has 2 aromatic heterocycles. The van der Waals surface area contributed by atoms with Crippen molar-refractivity contribution in [3.63, 3.8) is 0 Å². The summed E-state index contributed by atoms with van der Waals surface area (Å²) in [5.74, 6) is 0.0859. The van der Waals surface area contributed by atoms with Gasteiger partial charge in [-0.05, 0) is 38.8 Å². The van der Waals surface area contributed by atoms with E-state index in [-0.39, 0.29) is 11.6 Å². The second-order valence-electron chi connectivity index (χ2n) is 4.94. The molecule has 2 N–H and O–H groups in total. The monoisotopic (exact) mass is 258 g/mol. The molecular weight excluding hydrogens is 240 g/mol. The molecule has 2 heterocycles. The molecule has 2 aromatic rings. The molecule has 0 aliphatic carbocycles. The average molecular weight is 258 g/mol. The number of rotatable bonds is 4. The number of ketones is 2. The third-order valence-electron chi connectivity index (χ3n) is 3.38. The molecule has 0 amide bonds. The highest BCUT2D eigenvalue weighted by Crippen LogP contribution is 2.21. The van der Waals surface area contributed by atoms with E-state index in [1.165, 1.54) is 0 Å². The largest absolute Gasteiger partial charge is 0.364 e. The molecule has 0 radical (unpaired) electrons. The minimum absolute atomic E-state index is 0.0430. The summed E-state index contributed by atoms with van der Waals surface area (Å²) >= 11 is 0. The predicted octanol–water partition coefficient (Wildman–Crippen LogP) is 2.96. The molecule has 0 saturated carbocycles. The number of hydrogen-bond acceptors (Lipinski definition) is 2. The molecule has 0 spiro atoms. The first kappa shape index (κ1) is 13.3. The summed E-state index contributed by atoms with van der Waals surface area (Å²) in [6.45, 7) is 6.93. The number of carbonyl (C=O) groups excluding carboxylic acids is 2. The second-order valence-corrected chi connectivity index (χ2v) is 4.94. The lowest BCUT2D eigenvalue weighted by Gasteiger charge is -2.04. The Labute approximate surface area is 112 Å². The Morgan fingerprint density at radius 1 is 0.895 bits per heavy atom. The van der Waals surface area contributed by atoms with E-state index in [0.29, 0.717) is 6.42 Å². The molecular formula is C15H18N2O2. The first-order valence-corrected chi connectivity index (χ1v) is 6.27. The Morgan fingerprint density at radius 3 is 1.58 bits per heavy atom. The van der Waals surface area contributed by atoms with Crippen LogP contribution >= 0.6 is 0 Å². The van der Waals surface area contributed by atoms with E-state index in [0.717, 1.165) is 33.6 Å². The SMILES string of the molecule is CC(=O)c1c(C)c[nH]c1Cc1[nH]cc(C)c1C(C)=O. The molecule has 4 heteroatoms. The normalized spacial score (nSPS) is 10.7. The number of Topliss-reactive ketones (excluding diaryl/α,β-unsaturated/α-hetero) is 2. The number of carbonyl (C=O) groups is 2. The van der Waals surface area contributed by atoms with Gasteiger partial charge in [-0.2, -0.15) is 0 Å². The van der Waals surface area contributed by atoms with Crippen molar-refractivity contribution in [1.82, 2.24) is 9.97 Å². The van der Waals surface area contributed by atoms with E-state index in [9.17, 15) is 9.59 Å². The highest BCUT2D eigenvalue weighted by Gasteiger charge is 2.17. The maximum absolute atomic E-state index is 11.7. The van der Waals surface area contributed by atoms with Crippen LogP contribution in [0.5, 0.6) is 0 Å². The summed E-state index contributed by atoms with van der Waals surface area (Å²) in [5, 5.41) is 0. The fourth-order valence-electron chi connectivity index (χ4n) is 2.59. The van der Waals surface area contributed by atoms with Gasteiger partial charge in [0.1, 0.15) is 0 Å². The fraction of sp³-hybridized carbons (Fsp3) is 0.333. The quantitative estimate of drug-likeness (QED) is 0.828. The van der Waals surface area contributed by atoms with Crippen molar-refractivity contribution in [2.75, 3.05) is 0 Å². The van der Waals surface area contributed by atoms with Crippen LogP contribution in [0.3, 0.4) is 0 Å². The molecule has 0 aromatic carbocycles. The molecule has 0 aliphatic heterocycles. The van der Waals surface area contributed by atoms with E-state index in [2.05, 4.69) is 9.97 Å². The number of aromatic amines is 2. The Morgan fingerprint density at radius 2 is 1.26 bits per heavy atom. The molecule has 0 aliphatic rings. The molecule has 100 valence electrons. The lowest BCUT2D eigenvalue weighted by molar-refractivity contribution is 0.100. The maximum atomic E-state index is 11.7. The van der Waals surface area contributed by atoms with Gasteiger partial charge in [0, 0.05) is 41.3 Å². The summed E-state index contributed by atoms with van der Waals surface area (Å²) in [6.07, 6.45) is 4.19. The maximum Gasteiger partial charge on any atom is 0.161 e. The van der Waals surface area contributed by atoms with E-state index in [1.54, 1.807) is 13.8 Å². The molecule has 0 bridgehead atoms. The number of hydrogen-bond donors (Lipinski definition) is 2. The van der Waals surface area contributed by atoms with Crippen molar-refractivity contribution in [3.05, 3.63) is 46.0 Å². The van der Waals surface area contributed by atoms with Crippen LogP contribution in [0.1, 0.15) is 57.1 Å². The fourth-order valence-corrected chi connectivity index (χ4v) is 2.59. The molecule has 2 rings (SSSR count). The van der Waals surface area contributed by atoms with Crippen LogP contribution in [-0.4, -0.2) is 21.5 Å². The molecule has 0 unspecified atom stereocenters. The number of nitrogens with one attached hydrogen (secondary N) is 2. The van der Waals surface area contributed by atoms with Gasteiger partial charge in [0.25, 0.3) is 0 Å². The van der Waals surface area contributed by atoms with Crippen LogP contribution in [0.4, 0.5) is 0 Å².